The SMILES string of the molecule is Cc1csc(NC(=O)Cc2ccc3c(c2)OCO3)n1. The van der Waals surface area contributed by atoms with E-state index in [1.54, 1.807) is 0 Å². The molecule has 0 saturated carbocycles. The Morgan fingerprint density at radius 2 is 2.26 bits per heavy atom. The van der Waals surface area contributed by atoms with E-state index in [1.807, 2.05) is 30.5 Å². The van der Waals surface area contributed by atoms with Crippen LogP contribution in [-0.2, 0) is 11.2 Å². The maximum Gasteiger partial charge on any atom is 0.231 e. The molecule has 0 unspecified atom stereocenters. The van der Waals surface area contributed by atoms with E-state index in [0.717, 1.165) is 17.0 Å². The molecule has 1 aliphatic heterocycles. The number of nitrogens with zero attached hydrogens (tertiary/aromatic N) is 1. The van der Waals surface area contributed by atoms with Crippen molar-refractivity contribution >= 4 is 22.4 Å². The van der Waals surface area contributed by atoms with Gasteiger partial charge in [0.25, 0.3) is 0 Å². The Morgan fingerprint density at radius 3 is 3.05 bits per heavy atom. The van der Waals surface area contributed by atoms with E-state index in [0.29, 0.717) is 10.9 Å². The van der Waals surface area contributed by atoms with Gasteiger partial charge in [-0.25, -0.2) is 4.98 Å². The number of thiazole rings is 1. The van der Waals surface area contributed by atoms with Gasteiger partial charge >= 0.3 is 0 Å². The summed E-state index contributed by atoms with van der Waals surface area (Å²) in [6.07, 6.45) is 0.287. The van der Waals surface area contributed by atoms with E-state index in [4.69, 9.17) is 9.47 Å². The number of anilines is 1. The lowest BCUT2D eigenvalue weighted by Gasteiger charge is -2.03. The van der Waals surface area contributed by atoms with Crippen molar-refractivity contribution in [2.75, 3.05) is 12.1 Å². The molecule has 98 valence electrons. The van der Waals surface area contributed by atoms with Gasteiger partial charge in [0.15, 0.2) is 16.6 Å². The molecule has 19 heavy (non-hydrogen) atoms. The number of benzene rings is 1. The van der Waals surface area contributed by atoms with Gasteiger partial charge in [-0.3, -0.25) is 4.79 Å². The van der Waals surface area contributed by atoms with Gasteiger partial charge in [0, 0.05) is 5.38 Å². The second-order valence-corrected chi connectivity index (χ2v) is 5.06. The summed E-state index contributed by atoms with van der Waals surface area (Å²) in [5.41, 5.74) is 1.79. The number of fused-ring (bicyclic) bond motifs is 1. The minimum absolute atomic E-state index is 0.0896. The number of nitrogens with one attached hydrogen (secondary N) is 1. The highest BCUT2D eigenvalue weighted by Gasteiger charge is 2.14. The molecule has 0 bridgehead atoms. The highest BCUT2D eigenvalue weighted by Crippen LogP contribution is 2.32. The Bertz CT molecular complexity index is 624. The van der Waals surface area contributed by atoms with Crippen LogP contribution in [0.2, 0.25) is 0 Å². The van der Waals surface area contributed by atoms with Gasteiger partial charge in [-0.15, -0.1) is 11.3 Å². The molecule has 1 N–H and O–H groups in total. The van der Waals surface area contributed by atoms with Gasteiger partial charge in [0.2, 0.25) is 12.7 Å². The van der Waals surface area contributed by atoms with Crippen LogP contribution in [0.3, 0.4) is 0 Å². The molecule has 0 radical (unpaired) electrons. The normalized spacial score (nSPS) is 12.5. The first-order valence-electron chi connectivity index (χ1n) is 5.81. The molecule has 0 fully saturated rings. The molecule has 5 nitrogen and oxygen atoms in total. The van der Waals surface area contributed by atoms with Crippen LogP contribution in [0.15, 0.2) is 23.6 Å². The minimum atomic E-state index is -0.0896. The van der Waals surface area contributed by atoms with Crippen molar-refractivity contribution < 1.29 is 14.3 Å². The van der Waals surface area contributed by atoms with Crippen molar-refractivity contribution in [3.63, 3.8) is 0 Å². The topological polar surface area (TPSA) is 60.5 Å². The van der Waals surface area contributed by atoms with Crippen molar-refractivity contribution in [3.8, 4) is 11.5 Å². The van der Waals surface area contributed by atoms with E-state index >= 15 is 0 Å². The summed E-state index contributed by atoms with van der Waals surface area (Å²) in [6, 6.07) is 5.51. The first-order chi connectivity index (χ1) is 9.20. The third-order valence-electron chi connectivity index (χ3n) is 2.67. The second kappa shape index (κ2) is 4.89. The minimum Gasteiger partial charge on any atom is -0.454 e. The highest BCUT2D eigenvalue weighted by atomic mass is 32.1. The number of amides is 1. The Hall–Kier alpha value is -2.08. The van der Waals surface area contributed by atoms with E-state index in [1.165, 1.54) is 11.3 Å². The zero-order valence-corrected chi connectivity index (χ0v) is 11.1. The number of aromatic nitrogens is 1. The molecule has 1 aliphatic rings. The van der Waals surface area contributed by atoms with Crippen molar-refractivity contribution in [1.82, 2.24) is 4.98 Å². The van der Waals surface area contributed by atoms with Crippen LogP contribution >= 0.6 is 11.3 Å². The lowest BCUT2D eigenvalue weighted by Crippen LogP contribution is -2.14. The van der Waals surface area contributed by atoms with Crippen molar-refractivity contribution in [3.05, 3.63) is 34.8 Å². The van der Waals surface area contributed by atoms with Crippen LogP contribution in [0.4, 0.5) is 5.13 Å². The van der Waals surface area contributed by atoms with Crippen LogP contribution in [-0.4, -0.2) is 17.7 Å². The van der Waals surface area contributed by atoms with Gasteiger partial charge < -0.3 is 14.8 Å². The number of carbonyl (C=O) groups excluding carboxylic acids is 1. The first kappa shape index (κ1) is 12.0. The molecule has 2 aromatic rings. The van der Waals surface area contributed by atoms with Crippen molar-refractivity contribution in [2.24, 2.45) is 0 Å². The zero-order chi connectivity index (χ0) is 13.2. The summed E-state index contributed by atoms with van der Waals surface area (Å²) in [5, 5.41) is 5.30. The highest BCUT2D eigenvalue weighted by molar-refractivity contribution is 7.13. The van der Waals surface area contributed by atoms with Crippen LogP contribution in [0, 0.1) is 6.92 Å². The predicted octanol–water partition coefficient (Wildman–Crippen LogP) is 2.36. The maximum absolute atomic E-state index is 11.9. The molecule has 2 heterocycles. The quantitative estimate of drug-likeness (QED) is 0.935. The molecule has 0 aliphatic carbocycles. The number of hydrogen-bond acceptors (Lipinski definition) is 5. The predicted molar refractivity (Wildman–Crippen MR) is 71.7 cm³/mol. The van der Waals surface area contributed by atoms with Gasteiger partial charge in [-0.05, 0) is 24.6 Å². The number of ether oxygens (including phenoxy) is 2. The Labute approximate surface area is 114 Å². The third-order valence-corrected chi connectivity index (χ3v) is 3.54. The number of aryl methyl sites for hydroxylation is 1. The number of hydrogen-bond donors (Lipinski definition) is 1. The van der Waals surface area contributed by atoms with Crippen LogP contribution in [0.25, 0.3) is 0 Å². The fraction of sp³-hybridized carbons (Fsp3) is 0.231. The summed E-state index contributed by atoms with van der Waals surface area (Å²) >= 11 is 1.42. The Kier molecular flexibility index (Phi) is 3.08. The molecular formula is C13H12N2O3S. The summed E-state index contributed by atoms with van der Waals surface area (Å²) in [4.78, 5) is 16.1. The van der Waals surface area contributed by atoms with Crippen molar-refractivity contribution in [1.29, 1.82) is 0 Å². The van der Waals surface area contributed by atoms with Crippen LogP contribution < -0.4 is 14.8 Å². The van der Waals surface area contributed by atoms with Gasteiger partial charge in [-0.1, -0.05) is 6.07 Å². The molecule has 0 atom stereocenters. The largest absolute Gasteiger partial charge is 0.454 e. The average molecular weight is 276 g/mol. The summed E-state index contributed by atoms with van der Waals surface area (Å²) < 4.78 is 10.5. The second-order valence-electron chi connectivity index (χ2n) is 4.21. The first-order valence-corrected chi connectivity index (χ1v) is 6.69. The molecular weight excluding hydrogens is 264 g/mol. The number of rotatable bonds is 3. The van der Waals surface area contributed by atoms with Gasteiger partial charge in [-0.2, -0.15) is 0 Å². The standard InChI is InChI=1S/C13H12N2O3S/c1-8-6-19-13(14-8)15-12(16)5-9-2-3-10-11(4-9)18-7-17-10/h2-4,6H,5,7H2,1H3,(H,14,15,16). The van der Waals surface area contributed by atoms with Gasteiger partial charge in [0.05, 0.1) is 12.1 Å². The molecule has 6 heteroatoms. The molecule has 3 rings (SSSR count). The summed E-state index contributed by atoms with van der Waals surface area (Å²) in [7, 11) is 0. The molecule has 1 aromatic carbocycles. The Morgan fingerprint density at radius 1 is 1.42 bits per heavy atom. The Balaban J connectivity index is 1.66. The van der Waals surface area contributed by atoms with Crippen LogP contribution in [0.1, 0.15) is 11.3 Å². The summed E-state index contributed by atoms with van der Waals surface area (Å²) in [6.45, 7) is 2.13. The van der Waals surface area contributed by atoms with E-state index in [-0.39, 0.29) is 19.1 Å². The molecule has 0 spiro atoms. The average Bonchev–Trinajstić information content (AvgIpc) is 2.97. The fourth-order valence-electron chi connectivity index (χ4n) is 1.81. The van der Waals surface area contributed by atoms with E-state index < -0.39 is 0 Å². The van der Waals surface area contributed by atoms with Crippen molar-refractivity contribution in [2.45, 2.75) is 13.3 Å². The fourth-order valence-corrected chi connectivity index (χ4v) is 2.52. The van der Waals surface area contributed by atoms with Crippen LogP contribution in [0.5, 0.6) is 11.5 Å². The monoisotopic (exact) mass is 276 g/mol. The van der Waals surface area contributed by atoms with E-state index in [9.17, 15) is 4.79 Å². The number of carbonyl (C=O) groups is 1. The third kappa shape index (κ3) is 2.68. The molecule has 0 saturated heterocycles. The summed E-state index contributed by atoms with van der Waals surface area (Å²) in [5.74, 6) is 1.32. The smallest absolute Gasteiger partial charge is 0.231 e. The van der Waals surface area contributed by atoms with E-state index in [2.05, 4.69) is 10.3 Å². The molecule has 1 aromatic heterocycles. The lowest BCUT2D eigenvalue weighted by molar-refractivity contribution is -0.115. The maximum atomic E-state index is 11.9. The molecule has 1 amide bonds. The zero-order valence-electron chi connectivity index (χ0n) is 10.3. The van der Waals surface area contributed by atoms with Gasteiger partial charge in [0.1, 0.15) is 0 Å². The lowest BCUT2D eigenvalue weighted by atomic mass is 10.1.